The zero-order chi connectivity index (χ0) is 23.8. The minimum atomic E-state index is -4.74. The summed E-state index contributed by atoms with van der Waals surface area (Å²) in [5.41, 5.74) is 0.467. The standard InChI is InChI=1S/C22H19F3N6O2/c1-21(2)13-30(17-7-6-14(11-26)12-27-17)8-9-31(21)19(32)16-5-3-4-15(10-16)18-28-20(33-29-18)22(23,24)25/h3-7,10,12H,8-9,13H2,1-2H3. The molecule has 1 amide bonds. The van der Waals surface area contributed by atoms with Gasteiger partial charge in [-0.25, -0.2) is 4.98 Å². The van der Waals surface area contributed by atoms with Crippen molar-refractivity contribution in [1.29, 1.82) is 5.26 Å². The molecule has 0 radical (unpaired) electrons. The number of rotatable bonds is 3. The van der Waals surface area contributed by atoms with Gasteiger partial charge in [0.2, 0.25) is 5.82 Å². The Balaban J connectivity index is 1.53. The van der Waals surface area contributed by atoms with Crippen LogP contribution in [0.25, 0.3) is 11.4 Å². The second-order valence-electron chi connectivity index (χ2n) is 8.21. The molecule has 2 aromatic heterocycles. The van der Waals surface area contributed by atoms with Gasteiger partial charge in [-0.15, -0.1) is 0 Å². The highest BCUT2D eigenvalue weighted by molar-refractivity contribution is 5.96. The first-order valence-corrected chi connectivity index (χ1v) is 10.0. The van der Waals surface area contributed by atoms with Crippen molar-refractivity contribution in [3.8, 4) is 17.5 Å². The topological polar surface area (TPSA) is 99.2 Å². The largest absolute Gasteiger partial charge is 0.471 e. The molecule has 0 spiro atoms. The third-order valence-electron chi connectivity index (χ3n) is 5.38. The maximum atomic E-state index is 13.3. The van der Waals surface area contributed by atoms with Crippen LogP contribution in [0.3, 0.4) is 0 Å². The number of pyridine rings is 1. The third-order valence-corrected chi connectivity index (χ3v) is 5.38. The smallest absolute Gasteiger partial charge is 0.353 e. The summed E-state index contributed by atoms with van der Waals surface area (Å²) < 4.78 is 42.6. The normalized spacial score (nSPS) is 15.9. The number of hydrogen-bond donors (Lipinski definition) is 0. The van der Waals surface area contributed by atoms with Crippen molar-refractivity contribution >= 4 is 11.7 Å². The number of piperazine rings is 1. The summed E-state index contributed by atoms with van der Waals surface area (Å²) in [6, 6.07) is 11.6. The molecule has 4 rings (SSSR count). The first-order valence-electron chi connectivity index (χ1n) is 10.0. The summed E-state index contributed by atoms with van der Waals surface area (Å²) in [6.45, 7) is 5.32. The molecule has 0 saturated carbocycles. The number of halogens is 3. The Morgan fingerprint density at radius 1 is 1.21 bits per heavy atom. The van der Waals surface area contributed by atoms with Gasteiger partial charge in [0.15, 0.2) is 0 Å². The van der Waals surface area contributed by atoms with Gasteiger partial charge in [-0.1, -0.05) is 17.3 Å². The number of hydrogen-bond acceptors (Lipinski definition) is 7. The van der Waals surface area contributed by atoms with Crippen LogP contribution in [0, 0.1) is 11.3 Å². The molecule has 3 heterocycles. The molecule has 1 saturated heterocycles. The van der Waals surface area contributed by atoms with Gasteiger partial charge >= 0.3 is 12.1 Å². The van der Waals surface area contributed by atoms with E-state index in [0.717, 1.165) is 0 Å². The molecule has 33 heavy (non-hydrogen) atoms. The molecule has 8 nitrogen and oxygen atoms in total. The number of carbonyl (C=O) groups excluding carboxylic acids is 1. The Hall–Kier alpha value is -3.94. The predicted molar refractivity (Wildman–Crippen MR) is 111 cm³/mol. The van der Waals surface area contributed by atoms with Crippen molar-refractivity contribution in [1.82, 2.24) is 20.0 Å². The Bertz CT molecular complexity index is 1210. The minimum absolute atomic E-state index is 0.243. The quantitative estimate of drug-likeness (QED) is 0.592. The molecule has 0 N–H and O–H groups in total. The van der Waals surface area contributed by atoms with E-state index in [4.69, 9.17) is 5.26 Å². The highest BCUT2D eigenvalue weighted by atomic mass is 19.4. The fourth-order valence-corrected chi connectivity index (χ4v) is 3.77. The molecule has 1 aliphatic heterocycles. The zero-order valence-electron chi connectivity index (χ0n) is 17.8. The fourth-order valence-electron chi connectivity index (χ4n) is 3.77. The Labute approximate surface area is 187 Å². The number of nitriles is 1. The van der Waals surface area contributed by atoms with Gasteiger partial charge in [0.1, 0.15) is 11.9 Å². The van der Waals surface area contributed by atoms with E-state index in [-0.39, 0.29) is 17.3 Å². The van der Waals surface area contributed by atoms with E-state index >= 15 is 0 Å². The maximum Gasteiger partial charge on any atom is 0.471 e. The van der Waals surface area contributed by atoms with Crippen LogP contribution in [-0.4, -0.2) is 51.1 Å². The first kappa shape index (κ1) is 22.3. The Kier molecular flexibility index (Phi) is 5.53. The lowest BCUT2D eigenvalue weighted by molar-refractivity contribution is -0.159. The van der Waals surface area contributed by atoms with E-state index in [1.165, 1.54) is 18.3 Å². The lowest BCUT2D eigenvalue weighted by atomic mass is 9.96. The maximum absolute atomic E-state index is 13.3. The second-order valence-corrected chi connectivity index (χ2v) is 8.21. The molecule has 0 atom stereocenters. The van der Waals surface area contributed by atoms with E-state index in [1.807, 2.05) is 24.8 Å². The van der Waals surface area contributed by atoms with E-state index in [9.17, 15) is 18.0 Å². The molecule has 0 unspecified atom stereocenters. The summed E-state index contributed by atoms with van der Waals surface area (Å²) in [7, 11) is 0. The van der Waals surface area contributed by atoms with Crippen molar-refractivity contribution in [2.24, 2.45) is 0 Å². The predicted octanol–water partition coefficient (Wildman–Crippen LogP) is 3.76. The third kappa shape index (κ3) is 4.50. The molecule has 170 valence electrons. The Morgan fingerprint density at radius 2 is 2.00 bits per heavy atom. The van der Waals surface area contributed by atoms with E-state index in [0.29, 0.717) is 36.6 Å². The van der Waals surface area contributed by atoms with Gasteiger partial charge in [0.25, 0.3) is 5.91 Å². The SMILES string of the molecule is CC1(C)CN(c2ccc(C#N)cn2)CCN1C(=O)c1cccc(-c2noc(C(F)(F)F)n2)c1. The van der Waals surface area contributed by atoms with E-state index in [1.54, 1.807) is 29.2 Å². The van der Waals surface area contributed by atoms with Gasteiger partial charge in [-0.3, -0.25) is 4.79 Å². The van der Waals surface area contributed by atoms with Crippen LogP contribution in [0.1, 0.15) is 35.7 Å². The van der Waals surface area contributed by atoms with Crippen molar-refractivity contribution in [2.45, 2.75) is 25.6 Å². The monoisotopic (exact) mass is 456 g/mol. The summed E-state index contributed by atoms with van der Waals surface area (Å²) >= 11 is 0. The number of carbonyl (C=O) groups is 1. The lowest BCUT2D eigenvalue weighted by Crippen LogP contribution is -2.61. The summed E-state index contributed by atoms with van der Waals surface area (Å²) in [5.74, 6) is -1.22. The Morgan fingerprint density at radius 3 is 2.61 bits per heavy atom. The number of alkyl halides is 3. The number of amides is 1. The van der Waals surface area contributed by atoms with Crippen LogP contribution in [0.15, 0.2) is 47.1 Å². The van der Waals surface area contributed by atoms with Crippen LogP contribution in [0.4, 0.5) is 19.0 Å². The van der Waals surface area contributed by atoms with Gasteiger partial charge in [-0.05, 0) is 38.1 Å². The van der Waals surface area contributed by atoms with Gasteiger partial charge in [0, 0.05) is 37.0 Å². The summed E-state index contributed by atoms with van der Waals surface area (Å²) in [4.78, 5) is 24.8. The molecule has 1 aromatic carbocycles. The summed E-state index contributed by atoms with van der Waals surface area (Å²) in [6.07, 6.45) is -3.24. The highest BCUT2D eigenvalue weighted by Gasteiger charge is 2.39. The van der Waals surface area contributed by atoms with Gasteiger partial charge in [0.05, 0.1) is 11.1 Å². The number of aromatic nitrogens is 3. The molecule has 11 heteroatoms. The number of anilines is 1. The molecule has 3 aromatic rings. The van der Waals surface area contributed by atoms with Crippen LogP contribution < -0.4 is 4.90 Å². The molecular weight excluding hydrogens is 437 g/mol. The molecule has 1 fully saturated rings. The number of nitrogens with zero attached hydrogens (tertiary/aromatic N) is 6. The molecule has 0 bridgehead atoms. The van der Waals surface area contributed by atoms with Crippen molar-refractivity contribution < 1.29 is 22.5 Å². The molecule has 0 aliphatic carbocycles. The highest BCUT2D eigenvalue weighted by Crippen LogP contribution is 2.30. The average Bonchev–Trinajstić information content (AvgIpc) is 3.29. The molecular formula is C22H19F3N6O2. The van der Waals surface area contributed by atoms with Gasteiger partial charge in [-0.2, -0.15) is 23.4 Å². The van der Waals surface area contributed by atoms with E-state index < -0.39 is 17.6 Å². The van der Waals surface area contributed by atoms with Crippen molar-refractivity contribution in [2.75, 3.05) is 24.5 Å². The molecule has 1 aliphatic rings. The average molecular weight is 456 g/mol. The first-order chi connectivity index (χ1) is 15.6. The zero-order valence-corrected chi connectivity index (χ0v) is 17.8. The second kappa shape index (κ2) is 8.20. The van der Waals surface area contributed by atoms with Crippen LogP contribution in [0.2, 0.25) is 0 Å². The van der Waals surface area contributed by atoms with Crippen LogP contribution >= 0.6 is 0 Å². The van der Waals surface area contributed by atoms with E-state index in [2.05, 4.69) is 19.6 Å². The van der Waals surface area contributed by atoms with Crippen LogP contribution in [-0.2, 0) is 6.18 Å². The van der Waals surface area contributed by atoms with Crippen molar-refractivity contribution in [3.05, 3.63) is 59.6 Å². The minimum Gasteiger partial charge on any atom is -0.353 e. The number of benzene rings is 1. The van der Waals surface area contributed by atoms with Gasteiger partial charge < -0.3 is 14.3 Å². The van der Waals surface area contributed by atoms with Crippen molar-refractivity contribution in [3.63, 3.8) is 0 Å². The summed E-state index contributed by atoms with van der Waals surface area (Å²) in [5, 5.41) is 12.3. The lowest BCUT2D eigenvalue weighted by Gasteiger charge is -2.47. The van der Waals surface area contributed by atoms with Crippen LogP contribution in [0.5, 0.6) is 0 Å². The fraction of sp³-hybridized carbons (Fsp3) is 0.318.